The van der Waals surface area contributed by atoms with Crippen molar-refractivity contribution in [1.29, 1.82) is 5.26 Å². The lowest BCUT2D eigenvalue weighted by Gasteiger charge is -2.19. The second-order valence-electron chi connectivity index (χ2n) is 3.45. The van der Waals surface area contributed by atoms with Crippen molar-refractivity contribution in [2.24, 2.45) is 0 Å². The molecule has 0 aliphatic carbocycles. The van der Waals surface area contributed by atoms with Gasteiger partial charge in [0.05, 0.1) is 24.1 Å². The van der Waals surface area contributed by atoms with Gasteiger partial charge < -0.3 is 4.74 Å². The second-order valence-corrected chi connectivity index (χ2v) is 3.72. The normalized spacial score (nSPS) is 12.1. The minimum atomic E-state index is -5.34. The predicted molar refractivity (Wildman–Crippen MR) is 54.8 cm³/mol. The van der Waals surface area contributed by atoms with Crippen LogP contribution >= 0.6 is 11.6 Å². The van der Waals surface area contributed by atoms with Gasteiger partial charge in [-0.15, -0.1) is 24.8 Å². The summed E-state index contributed by atoms with van der Waals surface area (Å²) in [4.78, 5) is 3.32. The number of nitrogens with zero attached hydrogens (tertiary/aromatic N) is 2. The minimum absolute atomic E-state index is 0.619. The number of hydrogen-bond donors (Lipinski definition) is 0. The van der Waals surface area contributed by atoms with Gasteiger partial charge >= 0.3 is 12.5 Å². The Morgan fingerprint density at radius 1 is 1.25 bits per heavy atom. The van der Waals surface area contributed by atoms with E-state index in [2.05, 4.69) is 9.72 Å². The first-order valence-electron chi connectivity index (χ1n) is 4.86. The first-order valence-corrected chi connectivity index (χ1v) is 5.40. The largest absolute Gasteiger partial charge is 0.573 e. The fourth-order valence-corrected chi connectivity index (χ4v) is 1.61. The van der Waals surface area contributed by atoms with Crippen LogP contribution in [0, 0.1) is 11.3 Å². The van der Waals surface area contributed by atoms with Gasteiger partial charge in [0.1, 0.15) is 11.3 Å². The van der Waals surface area contributed by atoms with Crippen molar-refractivity contribution in [2.75, 3.05) is 0 Å². The van der Waals surface area contributed by atoms with E-state index in [1.807, 2.05) is 0 Å². The lowest BCUT2D eigenvalue weighted by molar-refractivity contribution is -0.276. The van der Waals surface area contributed by atoms with Gasteiger partial charge in [-0.1, -0.05) is 0 Å². The van der Waals surface area contributed by atoms with Crippen LogP contribution in [0.25, 0.3) is 0 Å². The highest BCUT2D eigenvalue weighted by Crippen LogP contribution is 2.42. The number of rotatable bonds is 3. The molecule has 0 amide bonds. The van der Waals surface area contributed by atoms with Crippen LogP contribution < -0.4 is 4.74 Å². The summed E-state index contributed by atoms with van der Waals surface area (Å²) >= 11 is 5.25. The van der Waals surface area contributed by atoms with Gasteiger partial charge in [0.2, 0.25) is 0 Å². The van der Waals surface area contributed by atoms with Crippen molar-refractivity contribution in [3.05, 3.63) is 23.0 Å². The van der Waals surface area contributed by atoms with Crippen LogP contribution in [-0.4, -0.2) is 11.3 Å². The van der Waals surface area contributed by atoms with E-state index in [0.29, 0.717) is 6.20 Å². The third kappa shape index (κ3) is 3.90. The van der Waals surface area contributed by atoms with E-state index in [1.165, 1.54) is 6.07 Å². The van der Waals surface area contributed by atoms with Crippen LogP contribution in [-0.2, 0) is 18.5 Å². The van der Waals surface area contributed by atoms with Gasteiger partial charge in [0.25, 0.3) is 0 Å². The molecule has 1 aromatic rings. The van der Waals surface area contributed by atoms with Gasteiger partial charge in [-0.25, -0.2) is 0 Å². The zero-order valence-electron chi connectivity index (χ0n) is 9.44. The molecule has 0 unspecified atom stereocenters. The summed E-state index contributed by atoms with van der Waals surface area (Å²) in [5.41, 5.74) is -3.15. The number of nitriles is 1. The summed E-state index contributed by atoms with van der Waals surface area (Å²) in [6.07, 6.45) is -10.5. The third-order valence-electron chi connectivity index (χ3n) is 2.08. The number of pyridine rings is 1. The van der Waals surface area contributed by atoms with Crippen LogP contribution in [0.4, 0.5) is 26.3 Å². The first kappa shape index (κ1) is 16.4. The Morgan fingerprint density at radius 3 is 2.25 bits per heavy atom. The Hall–Kier alpha value is -1.69. The standard InChI is InChI=1S/C10H5ClF6N2O/c11-3-6-7(9(12,13)14)8(20-10(15,16)17)5(1-2-18)4-19-6/h4H,1,3H2. The predicted octanol–water partition coefficient (Wildman–Crippen LogP) is 3.80. The molecule has 1 rings (SSSR count). The average molecular weight is 319 g/mol. The van der Waals surface area contributed by atoms with Crippen molar-refractivity contribution in [1.82, 2.24) is 4.98 Å². The van der Waals surface area contributed by atoms with E-state index in [1.54, 1.807) is 0 Å². The third-order valence-corrected chi connectivity index (χ3v) is 2.33. The Balaban J connectivity index is 3.57. The molecular weight excluding hydrogens is 314 g/mol. The topological polar surface area (TPSA) is 45.9 Å². The molecule has 0 saturated carbocycles. The summed E-state index contributed by atoms with van der Waals surface area (Å²) in [7, 11) is 0. The van der Waals surface area contributed by atoms with Crippen molar-refractivity contribution in [2.45, 2.75) is 24.8 Å². The molecule has 10 heteroatoms. The fourth-order valence-electron chi connectivity index (χ4n) is 1.41. The van der Waals surface area contributed by atoms with Crippen molar-refractivity contribution in [3.8, 4) is 11.8 Å². The number of hydrogen-bond acceptors (Lipinski definition) is 3. The number of alkyl halides is 7. The van der Waals surface area contributed by atoms with Crippen molar-refractivity contribution >= 4 is 11.6 Å². The van der Waals surface area contributed by atoms with Crippen molar-refractivity contribution < 1.29 is 31.1 Å². The van der Waals surface area contributed by atoms with Crippen LogP contribution in [0.15, 0.2) is 6.20 Å². The monoisotopic (exact) mass is 318 g/mol. The molecule has 20 heavy (non-hydrogen) atoms. The number of ether oxygens (including phenoxy) is 1. The number of aromatic nitrogens is 1. The van der Waals surface area contributed by atoms with Gasteiger partial charge in [0, 0.05) is 11.8 Å². The van der Waals surface area contributed by atoms with E-state index >= 15 is 0 Å². The maximum atomic E-state index is 12.9. The SMILES string of the molecule is N#CCc1cnc(CCl)c(C(F)(F)F)c1OC(F)(F)F. The van der Waals surface area contributed by atoms with E-state index < -0.39 is 47.4 Å². The van der Waals surface area contributed by atoms with Crippen LogP contribution in [0.1, 0.15) is 16.8 Å². The highest BCUT2D eigenvalue weighted by Gasteiger charge is 2.43. The van der Waals surface area contributed by atoms with Gasteiger partial charge in [-0.05, 0) is 0 Å². The quantitative estimate of drug-likeness (QED) is 0.629. The maximum absolute atomic E-state index is 12.9. The molecule has 0 atom stereocenters. The summed E-state index contributed by atoms with van der Waals surface area (Å²) in [5, 5.41) is 8.44. The molecule has 0 aliphatic rings. The van der Waals surface area contributed by atoms with Gasteiger partial charge in [0.15, 0.2) is 0 Å². The highest BCUT2D eigenvalue weighted by molar-refractivity contribution is 6.17. The minimum Gasteiger partial charge on any atom is -0.405 e. The molecule has 1 aromatic heterocycles. The molecule has 1 heterocycles. The molecule has 0 aliphatic heterocycles. The molecule has 0 spiro atoms. The second kappa shape index (κ2) is 5.75. The van der Waals surface area contributed by atoms with E-state index in [9.17, 15) is 26.3 Å². The molecule has 0 bridgehead atoms. The lowest BCUT2D eigenvalue weighted by atomic mass is 10.1. The molecular formula is C10H5ClF6N2O. The molecule has 0 N–H and O–H groups in total. The molecule has 110 valence electrons. The van der Waals surface area contributed by atoms with E-state index in [-0.39, 0.29) is 0 Å². The van der Waals surface area contributed by atoms with Crippen LogP contribution in [0.5, 0.6) is 5.75 Å². The smallest absolute Gasteiger partial charge is 0.405 e. The Bertz CT molecular complexity index is 534. The Labute approximate surface area is 113 Å². The average Bonchev–Trinajstić information content (AvgIpc) is 2.27. The fraction of sp³-hybridized carbons (Fsp3) is 0.400. The summed E-state index contributed by atoms with van der Waals surface area (Å²) in [6, 6.07) is 1.44. The lowest BCUT2D eigenvalue weighted by Crippen LogP contribution is -2.23. The summed E-state index contributed by atoms with van der Waals surface area (Å²) in [5.74, 6) is -2.24. The Morgan fingerprint density at radius 2 is 1.85 bits per heavy atom. The zero-order valence-corrected chi connectivity index (χ0v) is 10.2. The van der Waals surface area contributed by atoms with E-state index in [0.717, 1.165) is 0 Å². The van der Waals surface area contributed by atoms with Crippen LogP contribution in [0.2, 0.25) is 0 Å². The molecule has 0 fully saturated rings. The summed E-state index contributed by atoms with van der Waals surface area (Å²) < 4.78 is 78.7. The highest BCUT2D eigenvalue weighted by atomic mass is 35.5. The molecule has 0 radical (unpaired) electrons. The number of halogens is 7. The van der Waals surface area contributed by atoms with Crippen molar-refractivity contribution in [3.63, 3.8) is 0 Å². The van der Waals surface area contributed by atoms with Crippen LogP contribution in [0.3, 0.4) is 0 Å². The van der Waals surface area contributed by atoms with Gasteiger partial charge in [-0.2, -0.15) is 18.4 Å². The zero-order chi connectivity index (χ0) is 15.6. The molecule has 3 nitrogen and oxygen atoms in total. The van der Waals surface area contributed by atoms with Gasteiger partial charge in [-0.3, -0.25) is 4.98 Å². The Kier molecular flexibility index (Phi) is 4.70. The first-order chi connectivity index (χ1) is 9.10. The van der Waals surface area contributed by atoms with E-state index in [4.69, 9.17) is 16.9 Å². The summed E-state index contributed by atoms with van der Waals surface area (Å²) in [6.45, 7) is 0. The molecule has 0 saturated heterocycles. The maximum Gasteiger partial charge on any atom is 0.573 e. The molecule has 0 aromatic carbocycles.